The lowest BCUT2D eigenvalue weighted by atomic mass is 10.0. The number of urea groups is 1. The second-order valence-corrected chi connectivity index (χ2v) is 8.70. The van der Waals surface area contributed by atoms with Crippen molar-refractivity contribution < 1.29 is 23.1 Å². The lowest BCUT2D eigenvalue weighted by Crippen LogP contribution is -2.41. The van der Waals surface area contributed by atoms with Gasteiger partial charge < -0.3 is 15.7 Å². The van der Waals surface area contributed by atoms with Gasteiger partial charge >= 0.3 is 6.03 Å². The fourth-order valence-corrected chi connectivity index (χ4v) is 4.61. The maximum Gasteiger partial charge on any atom is 0.334 e. The molecule has 0 bridgehead atoms. The minimum Gasteiger partial charge on any atom is -0.395 e. The summed E-state index contributed by atoms with van der Waals surface area (Å²) in [6, 6.07) is 5.20. The van der Waals surface area contributed by atoms with Gasteiger partial charge in [0.05, 0.1) is 23.5 Å². The molecule has 2 amide bonds. The number of pyridine rings is 1. The number of anilines is 4. The maximum atomic E-state index is 15.5. The molecule has 2 aromatic carbocycles. The number of aliphatic hydroxyl groups excluding tert-OH is 1. The molecule has 0 atom stereocenters. The molecule has 4 rings (SSSR count). The first kappa shape index (κ1) is 26.0. The van der Waals surface area contributed by atoms with E-state index in [4.69, 9.17) is 28.3 Å². The molecule has 1 aliphatic heterocycles. The number of nitrogens with zero attached hydrogens (tertiary/aromatic N) is 3. The van der Waals surface area contributed by atoms with Crippen LogP contribution in [0.15, 0.2) is 36.5 Å². The average Bonchev–Trinajstić information content (AvgIpc) is 2.91. The summed E-state index contributed by atoms with van der Waals surface area (Å²) in [6.45, 7) is 2.88. The highest BCUT2D eigenvalue weighted by Crippen LogP contribution is 2.48. The molecule has 0 unspecified atom stereocenters. The fraction of sp³-hybridized carbons (Fsp3) is 0.250. The van der Waals surface area contributed by atoms with Gasteiger partial charge in [0.25, 0.3) is 0 Å². The van der Waals surface area contributed by atoms with Crippen molar-refractivity contribution in [2.45, 2.75) is 6.92 Å². The Bertz CT molecular complexity index is 1290. The van der Waals surface area contributed by atoms with Gasteiger partial charge in [0.15, 0.2) is 11.6 Å². The van der Waals surface area contributed by atoms with Gasteiger partial charge in [-0.3, -0.25) is 9.80 Å². The minimum atomic E-state index is -1.02. The van der Waals surface area contributed by atoms with E-state index >= 15 is 8.78 Å². The van der Waals surface area contributed by atoms with Gasteiger partial charge in [-0.15, -0.1) is 0 Å². The molecule has 3 aromatic rings. The van der Waals surface area contributed by atoms with Crippen LogP contribution in [-0.2, 0) is 0 Å². The summed E-state index contributed by atoms with van der Waals surface area (Å²) in [6.07, 6.45) is 0.949. The largest absolute Gasteiger partial charge is 0.395 e. The molecule has 7 nitrogen and oxygen atoms in total. The van der Waals surface area contributed by atoms with E-state index in [0.717, 1.165) is 29.3 Å². The van der Waals surface area contributed by atoms with Crippen molar-refractivity contribution in [3.63, 3.8) is 0 Å². The van der Waals surface area contributed by atoms with Crippen LogP contribution < -0.4 is 20.4 Å². The van der Waals surface area contributed by atoms with Gasteiger partial charge in [-0.1, -0.05) is 23.2 Å². The number of aromatic nitrogens is 1. The predicted octanol–water partition coefficient (Wildman–Crippen LogP) is 5.56. The summed E-state index contributed by atoms with van der Waals surface area (Å²) in [4.78, 5) is 19.8. The minimum absolute atomic E-state index is 0.0196. The monoisotopic (exact) mass is 539 g/mol. The molecule has 0 fully saturated rings. The quantitative estimate of drug-likeness (QED) is 0.326. The number of benzene rings is 2. The van der Waals surface area contributed by atoms with Crippen LogP contribution in [0.1, 0.15) is 6.92 Å². The fourth-order valence-electron chi connectivity index (χ4n) is 4.03. The molecule has 0 saturated heterocycles. The second kappa shape index (κ2) is 10.9. The van der Waals surface area contributed by atoms with Crippen LogP contribution >= 0.6 is 23.2 Å². The third-order valence-corrected chi connectivity index (χ3v) is 6.05. The van der Waals surface area contributed by atoms with Gasteiger partial charge in [0.2, 0.25) is 0 Å². The van der Waals surface area contributed by atoms with Gasteiger partial charge in [-0.2, -0.15) is 0 Å². The number of aliphatic hydroxyl groups is 1. The number of carbonyl (C=O) groups is 1. The number of rotatable bonds is 8. The number of fused-ring (bicyclic) bond motifs is 3. The number of carbonyl (C=O) groups excluding carboxylic acids is 1. The number of hydrogen-bond donors (Lipinski definition) is 3. The Morgan fingerprint density at radius 1 is 1.03 bits per heavy atom. The van der Waals surface area contributed by atoms with E-state index in [2.05, 4.69) is 15.6 Å². The van der Waals surface area contributed by atoms with Gasteiger partial charge in [-0.25, -0.2) is 22.9 Å². The summed E-state index contributed by atoms with van der Waals surface area (Å²) >= 11 is 12.7. The Morgan fingerprint density at radius 3 is 2.42 bits per heavy atom. The van der Waals surface area contributed by atoms with Crippen LogP contribution in [0.4, 0.5) is 40.8 Å². The molecule has 3 N–H and O–H groups in total. The van der Waals surface area contributed by atoms with Crippen molar-refractivity contribution in [3.05, 3.63) is 64.0 Å². The number of nitrogens with one attached hydrogen (secondary N) is 2. The standard InChI is InChI=1S/C24H22Cl2F3N5O2/c1-2-33-23-16(9-14(27)12-32-23)21-17(26)7-13(25)8-20(21)34(24(33)36)22-18(28)10-15(11-19(22)29)31-4-3-30-5-6-35/h7-12,30-31,35H,2-6H2,1H3. The SMILES string of the molecule is CCN1C(=O)N(c2c(F)cc(NCCNCCO)cc2F)c2cc(Cl)cc(Cl)c2-c2cc(F)cnc21. The molecule has 0 spiro atoms. The van der Waals surface area contributed by atoms with Crippen LogP contribution in [0, 0.1) is 17.5 Å². The first-order valence-corrected chi connectivity index (χ1v) is 11.8. The highest BCUT2D eigenvalue weighted by Gasteiger charge is 2.37. The number of amides is 2. The topological polar surface area (TPSA) is 80.7 Å². The molecular formula is C24H22Cl2F3N5O2. The van der Waals surface area contributed by atoms with Crippen molar-refractivity contribution >= 4 is 52.1 Å². The molecule has 36 heavy (non-hydrogen) atoms. The maximum absolute atomic E-state index is 15.5. The average molecular weight is 540 g/mol. The lowest BCUT2D eigenvalue weighted by Gasteiger charge is -2.28. The lowest BCUT2D eigenvalue weighted by molar-refractivity contribution is 0.253. The molecule has 190 valence electrons. The van der Waals surface area contributed by atoms with E-state index in [1.165, 1.54) is 17.0 Å². The van der Waals surface area contributed by atoms with E-state index in [-0.39, 0.29) is 51.5 Å². The van der Waals surface area contributed by atoms with E-state index in [9.17, 15) is 9.18 Å². The number of halogens is 5. The Morgan fingerprint density at radius 2 is 1.75 bits per heavy atom. The van der Waals surface area contributed by atoms with Gasteiger partial charge in [-0.05, 0) is 37.3 Å². The summed E-state index contributed by atoms with van der Waals surface area (Å²) < 4.78 is 45.2. The van der Waals surface area contributed by atoms with Crippen molar-refractivity contribution in [2.24, 2.45) is 0 Å². The summed E-state index contributed by atoms with van der Waals surface area (Å²) in [5, 5.41) is 14.8. The van der Waals surface area contributed by atoms with Crippen LogP contribution in [0.25, 0.3) is 11.1 Å². The first-order chi connectivity index (χ1) is 17.3. The van der Waals surface area contributed by atoms with Crippen molar-refractivity contribution in [1.29, 1.82) is 0 Å². The van der Waals surface area contributed by atoms with E-state index in [0.29, 0.717) is 19.6 Å². The van der Waals surface area contributed by atoms with Gasteiger partial charge in [0.1, 0.15) is 17.3 Å². The first-order valence-electron chi connectivity index (χ1n) is 11.1. The second-order valence-electron chi connectivity index (χ2n) is 7.86. The van der Waals surface area contributed by atoms with Crippen molar-refractivity contribution in [2.75, 3.05) is 47.9 Å². The molecule has 12 heteroatoms. The van der Waals surface area contributed by atoms with E-state index < -0.39 is 29.2 Å². The zero-order chi connectivity index (χ0) is 26.0. The van der Waals surface area contributed by atoms with Gasteiger partial charge in [0, 0.05) is 48.0 Å². The normalized spacial score (nSPS) is 12.9. The number of hydrogen-bond acceptors (Lipinski definition) is 5. The summed E-state index contributed by atoms with van der Waals surface area (Å²) in [5.74, 6) is -2.62. The molecule has 0 aliphatic carbocycles. The smallest absolute Gasteiger partial charge is 0.334 e. The van der Waals surface area contributed by atoms with Crippen LogP contribution in [0.2, 0.25) is 10.0 Å². The van der Waals surface area contributed by atoms with E-state index in [1.807, 2.05) is 0 Å². The Hall–Kier alpha value is -3.05. The molecule has 2 heterocycles. The third kappa shape index (κ3) is 4.94. The van der Waals surface area contributed by atoms with Crippen molar-refractivity contribution in [1.82, 2.24) is 10.3 Å². The highest BCUT2D eigenvalue weighted by atomic mass is 35.5. The molecule has 1 aliphatic rings. The van der Waals surface area contributed by atoms with Crippen LogP contribution in [0.5, 0.6) is 0 Å². The Balaban J connectivity index is 1.86. The van der Waals surface area contributed by atoms with Crippen molar-refractivity contribution in [3.8, 4) is 11.1 Å². The zero-order valence-electron chi connectivity index (χ0n) is 19.1. The predicted molar refractivity (Wildman–Crippen MR) is 135 cm³/mol. The Labute approximate surface area is 215 Å². The van der Waals surface area contributed by atoms with Crippen LogP contribution in [0.3, 0.4) is 0 Å². The molecule has 1 aromatic heterocycles. The summed E-state index contributed by atoms with van der Waals surface area (Å²) in [5.41, 5.74) is -0.170. The molecular weight excluding hydrogens is 518 g/mol. The molecule has 0 radical (unpaired) electrons. The van der Waals surface area contributed by atoms with E-state index in [1.54, 1.807) is 6.92 Å². The third-order valence-electron chi connectivity index (χ3n) is 5.53. The Kier molecular flexibility index (Phi) is 7.89. The van der Waals surface area contributed by atoms with Crippen LogP contribution in [-0.4, -0.2) is 48.9 Å². The molecule has 0 saturated carbocycles. The highest BCUT2D eigenvalue weighted by molar-refractivity contribution is 6.38. The zero-order valence-corrected chi connectivity index (χ0v) is 20.6. The summed E-state index contributed by atoms with van der Waals surface area (Å²) in [7, 11) is 0.